The van der Waals surface area contributed by atoms with E-state index >= 15 is 0 Å². The molecule has 0 aliphatic heterocycles. The third-order valence-electron chi connectivity index (χ3n) is 4.46. The van der Waals surface area contributed by atoms with E-state index in [0.29, 0.717) is 23.0 Å². The van der Waals surface area contributed by atoms with Crippen LogP contribution < -0.4 is 18.1 Å². The van der Waals surface area contributed by atoms with Gasteiger partial charge < -0.3 is 18.1 Å². The van der Waals surface area contributed by atoms with Crippen molar-refractivity contribution in [2.75, 3.05) is 6.16 Å². The molecule has 37 heavy (non-hydrogen) atoms. The third kappa shape index (κ3) is 10.6. The van der Waals surface area contributed by atoms with Gasteiger partial charge in [-0.15, -0.1) is 0 Å². The van der Waals surface area contributed by atoms with Crippen LogP contribution in [0, 0.1) is 6.16 Å². The maximum absolute atomic E-state index is 13.8. The molecular weight excluding hydrogens is 648 g/mol. The van der Waals surface area contributed by atoms with Crippen molar-refractivity contribution >= 4 is 34.2 Å². The Labute approximate surface area is 233 Å². The maximum atomic E-state index is 13.8. The number of hydrogen-bond donors (Lipinski definition) is 0. The Bertz CT molecular complexity index is 1090. The number of hydrogen-bond acceptors (Lipinski definition) is 6. The van der Waals surface area contributed by atoms with Gasteiger partial charge in [0.25, 0.3) is 7.60 Å². The van der Waals surface area contributed by atoms with E-state index in [2.05, 4.69) is 0 Å². The number of para-hydroxylation sites is 4. The first-order chi connectivity index (χ1) is 17.9. The molecule has 0 spiro atoms. The molecular formula is C26H23Cl2O6P2Pd-. The monoisotopic (exact) mass is 669 g/mol. The van der Waals surface area contributed by atoms with Crippen LogP contribution in [0.25, 0.3) is 0 Å². The number of benzene rings is 4. The summed E-state index contributed by atoms with van der Waals surface area (Å²) in [6.45, 7) is 0. The first-order valence-corrected chi connectivity index (χ1v) is 18.1. The van der Waals surface area contributed by atoms with Crippen LogP contribution in [0.3, 0.4) is 0 Å². The Hall–Kier alpha value is -2.22. The van der Waals surface area contributed by atoms with Crippen LogP contribution in [0.2, 0.25) is 0 Å². The second-order valence-corrected chi connectivity index (χ2v) is 13.3. The second kappa shape index (κ2) is 15.3. The molecule has 4 aromatic rings. The van der Waals surface area contributed by atoms with Gasteiger partial charge in [0, 0.05) is 0 Å². The Morgan fingerprint density at radius 1 is 0.541 bits per heavy atom. The molecule has 11 heteroatoms. The van der Waals surface area contributed by atoms with Crippen molar-refractivity contribution in [3.63, 3.8) is 0 Å². The Balaban J connectivity index is 0.00000121. The molecule has 6 nitrogen and oxygen atoms in total. The quantitative estimate of drug-likeness (QED) is 0.0901. The van der Waals surface area contributed by atoms with Gasteiger partial charge in [0.05, 0.1) is 0 Å². The summed E-state index contributed by atoms with van der Waals surface area (Å²) in [6.07, 6.45) is 0.910. The molecule has 0 aromatic heterocycles. The molecule has 0 aliphatic carbocycles. The van der Waals surface area contributed by atoms with Gasteiger partial charge in [-0.3, -0.25) is 4.57 Å². The Kier molecular flexibility index (Phi) is 12.1. The van der Waals surface area contributed by atoms with Crippen molar-refractivity contribution < 1.29 is 43.2 Å². The van der Waals surface area contributed by atoms with Gasteiger partial charge in [-0.25, -0.2) is 4.57 Å². The van der Waals surface area contributed by atoms with Crippen LogP contribution in [0.1, 0.15) is 0 Å². The molecule has 198 valence electrons. The molecule has 0 saturated carbocycles. The second-order valence-electron chi connectivity index (χ2n) is 7.18. The van der Waals surface area contributed by atoms with E-state index in [1.165, 1.54) is 6.16 Å². The van der Waals surface area contributed by atoms with Crippen molar-refractivity contribution in [2.24, 2.45) is 0 Å². The summed E-state index contributed by atoms with van der Waals surface area (Å²) in [5.41, 5.74) is 0. The Morgan fingerprint density at radius 2 is 0.811 bits per heavy atom. The van der Waals surface area contributed by atoms with E-state index in [4.69, 9.17) is 37.2 Å². The van der Waals surface area contributed by atoms with Gasteiger partial charge in [-0.05, 0) is 54.7 Å². The van der Waals surface area contributed by atoms with Crippen LogP contribution in [-0.4, -0.2) is 6.16 Å². The van der Waals surface area contributed by atoms with Gasteiger partial charge in [0.1, 0.15) is 23.0 Å². The fourth-order valence-electron chi connectivity index (χ4n) is 2.93. The van der Waals surface area contributed by atoms with Gasteiger partial charge in [-0.2, -0.15) is 6.16 Å². The zero-order chi connectivity index (χ0) is 26.4. The average Bonchev–Trinajstić information content (AvgIpc) is 2.90. The fraction of sp³-hybridized carbons (Fsp3) is 0.0385. The van der Waals surface area contributed by atoms with Crippen LogP contribution >= 0.6 is 34.2 Å². The van der Waals surface area contributed by atoms with Crippen molar-refractivity contribution in [3.8, 4) is 23.0 Å². The van der Waals surface area contributed by atoms with Crippen molar-refractivity contribution in [2.45, 2.75) is 0 Å². The van der Waals surface area contributed by atoms with E-state index in [9.17, 15) is 9.13 Å². The summed E-state index contributed by atoms with van der Waals surface area (Å²) in [7, 11) is 1.84. The van der Waals surface area contributed by atoms with Crippen molar-refractivity contribution in [1.82, 2.24) is 0 Å². The molecule has 0 radical (unpaired) electrons. The molecule has 0 N–H and O–H groups in total. The Morgan fingerprint density at radius 3 is 1.11 bits per heavy atom. The zero-order valence-corrected chi connectivity index (χ0v) is 24.1. The van der Waals surface area contributed by atoms with Crippen LogP contribution in [-0.2, 0) is 25.1 Å². The van der Waals surface area contributed by atoms with E-state index < -0.39 is 15.2 Å². The zero-order valence-electron chi connectivity index (χ0n) is 19.2. The first kappa shape index (κ1) is 29.3. The van der Waals surface area contributed by atoms with E-state index in [1.807, 2.05) is 24.3 Å². The van der Waals surface area contributed by atoms with Crippen molar-refractivity contribution in [1.29, 1.82) is 0 Å². The standard InChI is InChI=1S/C26H23O6P2.2ClH.Pd/c27-33(29-23-13-5-1-6-14-23,30-24-15-7-2-8-16-24)21-22-34(28,31-25-17-9-3-10-18-25)32-26-19-11-4-12-20-26;;;/h1-21H,22H2;2*1H;/q-1;;;+2/p-2. The summed E-state index contributed by atoms with van der Waals surface area (Å²) < 4.78 is 50.6. The van der Waals surface area contributed by atoms with E-state index in [0.717, 1.165) is 0 Å². The fourth-order valence-corrected chi connectivity index (χ4v) is 6.62. The van der Waals surface area contributed by atoms with Crippen molar-refractivity contribution in [3.05, 3.63) is 127 Å². The van der Waals surface area contributed by atoms with Crippen LogP contribution in [0.5, 0.6) is 23.0 Å². The third-order valence-corrected chi connectivity index (χ3v) is 7.91. The topological polar surface area (TPSA) is 71.1 Å². The molecule has 0 atom stereocenters. The average molecular weight is 671 g/mol. The predicted molar refractivity (Wildman–Crippen MR) is 144 cm³/mol. The molecule has 4 rings (SSSR count). The minimum atomic E-state index is -3.93. The summed E-state index contributed by atoms with van der Waals surface area (Å²) in [6, 6.07) is 34.6. The molecule has 0 heterocycles. The molecule has 0 bridgehead atoms. The minimum absolute atomic E-state index is 0.106. The van der Waals surface area contributed by atoms with Crippen LogP contribution in [0.15, 0.2) is 121 Å². The van der Waals surface area contributed by atoms with Gasteiger partial charge in [0.2, 0.25) is 0 Å². The van der Waals surface area contributed by atoms with E-state index in [-0.39, 0.29) is 22.1 Å². The summed E-state index contributed by atoms with van der Waals surface area (Å²) in [5.74, 6) is 1.41. The molecule has 0 fully saturated rings. The SMILES string of the molecule is O=P([CH-]CP(=O)(Oc1ccccc1)Oc1ccccc1)(Oc1ccccc1)Oc1ccccc1.[Cl][Pd][Cl]. The molecule has 0 unspecified atom stereocenters. The van der Waals surface area contributed by atoms with E-state index in [1.54, 1.807) is 97.1 Å². The van der Waals surface area contributed by atoms with Crippen LogP contribution in [0.4, 0.5) is 0 Å². The normalized spacial score (nSPS) is 11.1. The predicted octanol–water partition coefficient (Wildman–Crippen LogP) is 9.23. The first-order valence-electron chi connectivity index (χ1n) is 10.8. The molecule has 0 saturated heterocycles. The molecule has 4 aromatic carbocycles. The number of halogens is 2. The number of rotatable bonds is 11. The van der Waals surface area contributed by atoms with Gasteiger partial charge in [-0.1, -0.05) is 72.8 Å². The summed E-state index contributed by atoms with van der Waals surface area (Å²) in [4.78, 5) is 0. The van der Waals surface area contributed by atoms with Gasteiger partial charge in [0.15, 0.2) is 0 Å². The van der Waals surface area contributed by atoms with Gasteiger partial charge >= 0.3 is 42.6 Å². The molecule has 0 amide bonds. The summed E-state index contributed by atoms with van der Waals surface area (Å²) in [5, 5.41) is 0. The molecule has 0 aliphatic rings. The summed E-state index contributed by atoms with van der Waals surface area (Å²) >= 11 is -0.106.